The maximum Gasteiger partial charge on any atom is 0.416 e. The van der Waals surface area contributed by atoms with Crippen LogP contribution >= 0.6 is 0 Å². The van der Waals surface area contributed by atoms with Crippen LogP contribution in [0.4, 0.5) is 18.0 Å². The van der Waals surface area contributed by atoms with E-state index in [4.69, 9.17) is 4.74 Å². The summed E-state index contributed by atoms with van der Waals surface area (Å²) in [6, 6.07) is 12.5. The van der Waals surface area contributed by atoms with Gasteiger partial charge in [-0.3, -0.25) is 10.1 Å². The van der Waals surface area contributed by atoms with E-state index in [0.717, 1.165) is 17.7 Å². The number of carbonyl (C=O) groups is 2. The highest BCUT2D eigenvalue weighted by atomic mass is 19.4. The van der Waals surface area contributed by atoms with Crippen LogP contribution in [0.3, 0.4) is 0 Å². The van der Waals surface area contributed by atoms with Crippen molar-refractivity contribution in [1.29, 1.82) is 0 Å². The Labute approximate surface area is 141 Å². The van der Waals surface area contributed by atoms with E-state index in [1.165, 1.54) is 12.1 Å². The SMILES string of the molecule is O=C(COc1cccc(C(F)(F)F)c1)NC(=O)NCc1ccccc1. The monoisotopic (exact) mass is 352 g/mol. The van der Waals surface area contributed by atoms with Crippen molar-refractivity contribution in [2.24, 2.45) is 0 Å². The molecule has 3 amide bonds. The molecule has 0 fully saturated rings. The van der Waals surface area contributed by atoms with Gasteiger partial charge >= 0.3 is 12.2 Å². The number of imide groups is 1. The van der Waals surface area contributed by atoms with Crippen molar-refractivity contribution in [2.45, 2.75) is 12.7 Å². The Bertz CT molecular complexity index is 733. The van der Waals surface area contributed by atoms with Crippen LogP contribution in [0.15, 0.2) is 54.6 Å². The Kier molecular flexibility index (Phi) is 5.99. The van der Waals surface area contributed by atoms with Crippen molar-refractivity contribution >= 4 is 11.9 Å². The summed E-state index contributed by atoms with van der Waals surface area (Å²) in [4.78, 5) is 23.2. The van der Waals surface area contributed by atoms with Gasteiger partial charge < -0.3 is 10.1 Å². The highest BCUT2D eigenvalue weighted by molar-refractivity contribution is 5.94. The van der Waals surface area contributed by atoms with E-state index in [0.29, 0.717) is 0 Å². The number of hydrogen-bond donors (Lipinski definition) is 2. The summed E-state index contributed by atoms with van der Waals surface area (Å²) in [7, 11) is 0. The first-order valence-electron chi connectivity index (χ1n) is 7.26. The zero-order chi connectivity index (χ0) is 18.3. The second kappa shape index (κ2) is 8.18. The van der Waals surface area contributed by atoms with Gasteiger partial charge in [0.1, 0.15) is 5.75 Å². The highest BCUT2D eigenvalue weighted by Gasteiger charge is 2.30. The number of benzene rings is 2. The predicted octanol–water partition coefficient (Wildman–Crippen LogP) is 3.11. The molecule has 0 aromatic heterocycles. The molecule has 0 saturated heterocycles. The molecule has 0 unspecified atom stereocenters. The van der Waals surface area contributed by atoms with E-state index in [2.05, 4.69) is 5.32 Å². The van der Waals surface area contributed by atoms with Gasteiger partial charge in [-0.15, -0.1) is 0 Å². The topological polar surface area (TPSA) is 67.4 Å². The lowest BCUT2D eigenvalue weighted by Gasteiger charge is -2.10. The molecule has 0 saturated carbocycles. The smallest absolute Gasteiger partial charge is 0.416 e. The molecule has 0 aliphatic carbocycles. The molecule has 0 atom stereocenters. The molecule has 5 nitrogen and oxygen atoms in total. The summed E-state index contributed by atoms with van der Waals surface area (Å²) in [5, 5.41) is 4.51. The Morgan fingerprint density at radius 3 is 2.40 bits per heavy atom. The Hall–Kier alpha value is -3.03. The third-order valence-electron chi connectivity index (χ3n) is 3.08. The third-order valence-corrected chi connectivity index (χ3v) is 3.08. The van der Waals surface area contributed by atoms with Gasteiger partial charge in [-0.25, -0.2) is 4.79 Å². The van der Waals surface area contributed by atoms with Gasteiger partial charge in [0.2, 0.25) is 0 Å². The second-order valence-electron chi connectivity index (χ2n) is 5.03. The second-order valence-corrected chi connectivity index (χ2v) is 5.03. The fourth-order valence-electron chi connectivity index (χ4n) is 1.90. The van der Waals surface area contributed by atoms with Crippen LogP contribution in [-0.2, 0) is 17.5 Å². The molecule has 0 bridgehead atoms. The molecule has 2 aromatic rings. The molecule has 2 rings (SSSR count). The predicted molar refractivity (Wildman–Crippen MR) is 83.8 cm³/mol. The first kappa shape index (κ1) is 18.3. The first-order valence-corrected chi connectivity index (χ1v) is 7.26. The number of halogens is 3. The van der Waals surface area contributed by atoms with Crippen LogP contribution in [0.25, 0.3) is 0 Å². The molecule has 8 heteroatoms. The van der Waals surface area contributed by atoms with Crippen LogP contribution in [0.2, 0.25) is 0 Å². The van der Waals surface area contributed by atoms with Crippen LogP contribution in [0.1, 0.15) is 11.1 Å². The molecule has 25 heavy (non-hydrogen) atoms. The Morgan fingerprint density at radius 1 is 1.00 bits per heavy atom. The van der Waals surface area contributed by atoms with E-state index >= 15 is 0 Å². The summed E-state index contributed by atoms with van der Waals surface area (Å²) in [6.45, 7) is -0.353. The van der Waals surface area contributed by atoms with E-state index in [1.807, 2.05) is 23.5 Å². The van der Waals surface area contributed by atoms with Gasteiger partial charge in [-0.05, 0) is 23.8 Å². The van der Waals surface area contributed by atoms with Crippen LogP contribution in [0.5, 0.6) is 5.75 Å². The summed E-state index contributed by atoms with van der Waals surface area (Å²) >= 11 is 0. The molecule has 2 aromatic carbocycles. The van der Waals surface area contributed by atoms with Crippen LogP contribution < -0.4 is 15.4 Å². The largest absolute Gasteiger partial charge is 0.484 e. The summed E-state index contributed by atoms with van der Waals surface area (Å²) in [5.74, 6) is -0.891. The van der Waals surface area contributed by atoms with Crippen LogP contribution in [0, 0.1) is 0 Å². The average Bonchev–Trinajstić information content (AvgIpc) is 2.59. The van der Waals surface area contributed by atoms with E-state index in [9.17, 15) is 22.8 Å². The lowest BCUT2D eigenvalue weighted by atomic mass is 10.2. The minimum Gasteiger partial charge on any atom is -0.484 e. The summed E-state index contributed by atoms with van der Waals surface area (Å²) in [5.41, 5.74) is -0.0312. The van der Waals surface area contributed by atoms with Gasteiger partial charge in [0.25, 0.3) is 5.91 Å². The molecular weight excluding hydrogens is 337 g/mol. The number of alkyl halides is 3. The van der Waals surface area contributed by atoms with Crippen LogP contribution in [-0.4, -0.2) is 18.5 Å². The molecule has 0 radical (unpaired) electrons. The fraction of sp³-hybridized carbons (Fsp3) is 0.176. The molecule has 132 valence electrons. The first-order chi connectivity index (χ1) is 11.8. The Balaban J connectivity index is 1.78. The number of amides is 3. The highest BCUT2D eigenvalue weighted by Crippen LogP contribution is 2.31. The van der Waals surface area contributed by atoms with Gasteiger partial charge in [-0.1, -0.05) is 36.4 Å². The number of urea groups is 1. The van der Waals surface area contributed by atoms with Gasteiger partial charge in [0, 0.05) is 6.54 Å². The number of ether oxygens (including phenoxy) is 1. The minimum absolute atomic E-state index is 0.116. The zero-order valence-corrected chi connectivity index (χ0v) is 13.0. The van der Waals surface area contributed by atoms with Crippen molar-refractivity contribution in [3.63, 3.8) is 0 Å². The van der Waals surface area contributed by atoms with E-state index in [-0.39, 0.29) is 12.3 Å². The quantitative estimate of drug-likeness (QED) is 0.869. The van der Waals surface area contributed by atoms with Crippen molar-refractivity contribution in [3.05, 3.63) is 65.7 Å². The Morgan fingerprint density at radius 2 is 1.72 bits per heavy atom. The molecule has 0 aliphatic rings. The standard InChI is InChI=1S/C17H15F3N2O3/c18-17(19,20)13-7-4-8-14(9-13)25-11-15(23)22-16(24)21-10-12-5-2-1-3-6-12/h1-9H,10-11H2,(H2,21,22,23,24). The van der Waals surface area contributed by atoms with Gasteiger partial charge in [-0.2, -0.15) is 13.2 Å². The zero-order valence-electron chi connectivity index (χ0n) is 13.0. The fourth-order valence-corrected chi connectivity index (χ4v) is 1.90. The van der Waals surface area contributed by atoms with Crippen molar-refractivity contribution < 1.29 is 27.5 Å². The maximum absolute atomic E-state index is 12.6. The molecule has 2 N–H and O–H groups in total. The minimum atomic E-state index is -4.50. The summed E-state index contributed by atoms with van der Waals surface area (Å²) < 4.78 is 42.7. The number of rotatable bonds is 5. The van der Waals surface area contributed by atoms with Crippen molar-refractivity contribution in [2.75, 3.05) is 6.61 Å². The van der Waals surface area contributed by atoms with Crippen molar-refractivity contribution in [1.82, 2.24) is 10.6 Å². The van der Waals surface area contributed by atoms with E-state index < -0.39 is 30.3 Å². The van der Waals surface area contributed by atoms with Crippen molar-refractivity contribution in [3.8, 4) is 5.75 Å². The normalized spacial score (nSPS) is 10.8. The molecule has 0 aliphatic heterocycles. The van der Waals surface area contributed by atoms with Gasteiger partial charge in [0.05, 0.1) is 5.56 Å². The third kappa shape index (κ3) is 6.17. The van der Waals surface area contributed by atoms with Gasteiger partial charge in [0.15, 0.2) is 6.61 Å². The molecule has 0 heterocycles. The lowest BCUT2D eigenvalue weighted by molar-refractivity contribution is -0.137. The molecular formula is C17H15F3N2O3. The number of nitrogens with one attached hydrogen (secondary N) is 2. The molecule has 0 spiro atoms. The summed E-state index contributed by atoms with van der Waals surface area (Å²) in [6.07, 6.45) is -4.50. The number of hydrogen-bond acceptors (Lipinski definition) is 3. The average molecular weight is 352 g/mol. The number of carbonyl (C=O) groups excluding carboxylic acids is 2. The maximum atomic E-state index is 12.6. The lowest BCUT2D eigenvalue weighted by Crippen LogP contribution is -2.41. The van der Waals surface area contributed by atoms with E-state index in [1.54, 1.807) is 12.1 Å².